The van der Waals surface area contributed by atoms with E-state index in [9.17, 15) is 13.6 Å². The molecule has 1 aromatic heterocycles. The van der Waals surface area contributed by atoms with Gasteiger partial charge in [0.2, 0.25) is 0 Å². The number of aromatic nitrogens is 2. The molecule has 2 heterocycles. The third kappa shape index (κ3) is 4.93. The van der Waals surface area contributed by atoms with Crippen LogP contribution in [0.2, 0.25) is 0 Å². The van der Waals surface area contributed by atoms with Gasteiger partial charge in [-0.1, -0.05) is 37.8 Å². The van der Waals surface area contributed by atoms with Crippen molar-refractivity contribution in [2.24, 2.45) is 0 Å². The lowest BCUT2D eigenvalue weighted by atomic mass is 9.96. The summed E-state index contributed by atoms with van der Waals surface area (Å²) in [6.45, 7) is 3.78. The van der Waals surface area contributed by atoms with Crippen LogP contribution in [0, 0.1) is 11.8 Å². The number of alkyl halides is 2. The van der Waals surface area contributed by atoms with Crippen molar-refractivity contribution >= 4 is 17.3 Å². The highest BCUT2D eigenvalue weighted by Crippen LogP contribution is 2.46. The van der Waals surface area contributed by atoms with Crippen LogP contribution in [0.15, 0.2) is 36.4 Å². The first-order chi connectivity index (χ1) is 16.9. The largest absolute Gasteiger partial charge is 0.434 e. The van der Waals surface area contributed by atoms with Crippen molar-refractivity contribution in [3.8, 4) is 17.6 Å². The summed E-state index contributed by atoms with van der Waals surface area (Å²) in [5.74, 6) is 7.31. The molecule has 0 aliphatic carbocycles. The highest BCUT2D eigenvalue weighted by atomic mass is 19.3. The summed E-state index contributed by atoms with van der Waals surface area (Å²) in [4.78, 5) is 21.1. The number of hydrogen-bond acceptors (Lipinski definition) is 5. The number of imidazole rings is 1. The van der Waals surface area contributed by atoms with Crippen LogP contribution in [0.25, 0.3) is 11.0 Å². The van der Waals surface area contributed by atoms with Gasteiger partial charge in [0.25, 0.3) is 0 Å². The number of ether oxygens (including phenoxy) is 1. The summed E-state index contributed by atoms with van der Waals surface area (Å²) in [7, 11) is 3.92. The maximum atomic E-state index is 13.2. The molecule has 0 N–H and O–H groups in total. The Hall–Kier alpha value is -3.28. The van der Waals surface area contributed by atoms with E-state index in [1.54, 1.807) is 12.1 Å². The van der Waals surface area contributed by atoms with Crippen molar-refractivity contribution in [2.45, 2.75) is 39.0 Å². The van der Waals surface area contributed by atoms with Crippen LogP contribution >= 0.6 is 0 Å². The van der Waals surface area contributed by atoms with Gasteiger partial charge in [-0.3, -0.25) is 14.6 Å². The quantitative estimate of drug-likeness (QED) is 0.344. The SMILES string of the molecule is CCN(CC)CC#Cc1ccc2nc3n(c2c1)[C@@H](c1c(C=O)cccc1OC(F)F)C[C@H]3N(C)C. The molecule has 8 heteroatoms. The van der Waals surface area contributed by atoms with Crippen LogP contribution in [0.4, 0.5) is 8.78 Å². The lowest BCUT2D eigenvalue weighted by Gasteiger charge is -2.22. The van der Waals surface area contributed by atoms with E-state index in [0.29, 0.717) is 30.4 Å². The fourth-order valence-electron chi connectivity index (χ4n) is 4.78. The summed E-state index contributed by atoms with van der Waals surface area (Å²) in [6, 6.07) is 10.1. The Kier molecular flexibility index (Phi) is 7.48. The van der Waals surface area contributed by atoms with E-state index in [2.05, 4.69) is 40.1 Å². The third-order valence-corrected chi connectivity index (χ3v) is 6.60. The van der Waals surface area contributed by atoms with E-state index in [1.807, 2.05) is 32.3 Å². The van der Waals surface area contributed by atoms with Crippen molar-refractivity contribution in [3.05, 3.63) is 58.9 Å². The zero-order chi connectivity index (χ0) is 25.1. The summed E-state index contributed by atoms with van der Waals surface area (Å²) in [5, 5.41) is 0. The highest BCUT2D eigenvalue weighted by Gasteiger charge is 2.38. The molecule has 2 atom stereocenters. The zero-order valence-electron chi connectivity index (χ0n) is 20.5. The average molecular weight is 481 g/mol. The molecule has 4 rings (SSSR count). The average Bonchev–Trinajstić information content (AvgIpc) is 3.38. The predicted molar refractivity (Wildman–Crippen MR) is 132 cm³/mol. The molecule has 3 aromatic rings. The summed E-state index contributed by atoms with van der Waals surface area (Å²) >= 11 is 0. The fraction of sp³-hybridized carbons (Fsp3) is 0.407. The number of carbonyl (C=O) groups excluding carboxylic acids is 1. The Morgan fingerprint density at radius 1 is 1.23 bits per heavy atom. The van der Waals surface area contributed by atoms with Gasteiger partial charge in [0, 0.05) is 16.7 Å². The molecule has 0 saturated heterocycles. The molecule has 184 valence electrons. The smallest absolute Gasteiger partial charge is 0.387 e. The second-order valence-corrected chi connectivity index (χ2v) is 8.79. The predicted octanol–water partition coefficient (Wildman–Crippen LogP) is 4.74. The second-order valence-electron chi connectivity index (χ2n) is 8.79. The first-order valence-electron chi connectivity index (χ1n) is 11.8. The van der Waals surface area contributed by atoms with Crippen LogP contribution in [-0.2, 0) is 0 Å². The van der Waals surface area contributed by atoms with Crippen LogP contribution in [0.5, 0.6) is 5.75 Å². The number of halogens is 2. The zero-order valence-corrected chi connectivity index (χ0v) is 20.5. The number of fused-ring (bicyclic) bond motifs is 3. The molecule has 6 nitrogen and oxygen atoms in total. The Bertz CT molecular complexity index is 1270. The van der Waals surface area contributed by atoms with Gasteiger partial charge in [-0.15, -0.1) is 0 Å². The molecule has 35 heavy (non-hydrogen) atoms. The third-order valence-electron chi connectivity index (χ3n) is 6.60. The van der Waals surface area contributed by atoms with Gasteiger partial charge in [-0.25, -0.2) is 4.98 Å². The van der Waals surface area contributed by atoms with Crippen LogP contribution in [0.3, 0.4) is 0 Å². The minimum atomic E-state index is -2.99. The van der Waals surface area contributed by atoms with Crippen LogP contribution in [0.1, 0.15) is 59.7 Å². The standard InChI is InChI=1S/C27H30F2N4O2/c1-5-32(6-2)14-8-9-18-12-13-20-21(15-18)33-22(16-23(31(3)4)26(33)30-20)25-19(17-34)10-7-11-24(25)35-27(28)29/h7,10-13,15,17,22-23,27H,5-6,14,16H2,1-4H3/t22-,23-/m1/s1. The molecular weight excluding hydrogens is 450 g/mol. The van der Waals surface area contributed by atoms with Gasteiger partial charge in [-0.2, -0.15) is 8.78 Å². The topological polar surface area (TPSA) is 50.6 Å². The van der Waals surface area contributed by atoms with Crippen molar-refractivity contribution in [1.29, 1.82) is 0 Å². The summed E-state index contributed by atoms with van der Waals surface area (Å²) in [6.07, 6.45) is 1.27. The first kappa shape index (κ1) is 24.8. The second kappa shape index (κ2) is 10.5. The number of rotatable bonds is 8. The van der Waals surface area contributed by atoms with Crippen molar-refractivity contribution in [2.75, 3.05) is 33.7 Å². The highest BCUT2D eigenvalue weighted by molar-refractivity contribution is 5.82. The molecule has 0 amide bonds. The van der Waals surface area contributed by atoms with E-state index in [1.165, 1.54) is 6.07 Å². The number of aldehydes is 1. The summed E-state index contributed by atoms with van der Waals surface area (Å²) < 4.78 is 33.4. The Morgan fingerprint density at radius 2 is 2.00 bits per heavy atom. The lowest BCUT2D eigenvalue weighted by Crippen LogP contribution is -2.22. The monoisotopic (exact) mass is 480 g/mol. The maximum absolute atomic E-state index is 13.2. The van der Waals surface area contributed by atoms with Crippen molar-refractivity contribution in [1.82, 2.24) is 19.4 Å². The van der Waals surface area contributed by atoms with Gasteiger partial charge >= 0.3 is 6.61 Å². The Morgan fingerprint density at radius 3 is 2.66 bits per heavy atom. The van der Waals surface area contributed by atoms with Gasteiger partial charge in [-0.05, 0) is 57.9 Å². The minimum Gasteiger partial charge on any atom is -0.434 e. The van der Waals surface area contributed by atoms with E-state index in [0.717, 1.165) is 35.5 Å². The van der Waals surface area contributed by atoms with Crippen molar-refractivity contribution in [3.63, 3.8) is 0 Å². The van der Waals surface area contributed by atoms with Gasteiger partial charge in [0.15, 0.2) is 6.29 Å². The van der Waals surface area contributed by atoms with Crippen LogP contribution < -0.4 is 4.74 Å². The molecule has 1 aliphatic heterocycles. The molecule has 2 aromatic carbocycles. The minimum absolute atomic E-state index is 0.0111. The van der Waals surface area contributed by atoms with Gasteiger partial charge in [0.05, 0.1) is 29.7 Å². The molecule has 0 unspecified atom stereocenters. The van der Waals surface area contributed by atoms with Gasteiger partial charge in [0.1, 0.15) is 11.6 Å². The Labute approximate surface area is 204 Å². The first-order valence-corrected chi connectivity index (χ1v) is 11.8. The molecule has 0 fully saturated rings. The lowest BCUT2D eigenvalue weighted by molar-refractivity contribution is -0.0507. The molecule has 0 spiro atoms. The summed E-state index contributed by atoms with van der Waals surface area (Å²) in [5.41, 5.74) is 3.28. The normalized spacial score (nSPS) is 17.2. The van der Waals surface area contributed by atoms with E-state index >= 15 is 0 Å². The molecule has 0 bridgehead atoms. The Balaban J connectivity index is 1.85. The number of hydrogen-bond donors (Lipinski definition) is 0. The van der Waals surface area contributed by atoms with Crippen LogP contribution in [-0.4, -0.2) is 66.0 Å². The van der Waals surface area contributed by atoms with E-state index in [-0.39, 0.29) is 11.8 Å². The maximum Gasteiger partial charge on any atom is 0.387 e. The van der Waals surface area contributed by atoms with Crippen molar-refractivity contribution < 1.29 is 18.3 Å². The van der Waals surface area contributed by atoms with Gasteiger partial charge < -0.3 is 9.30 Å². The fourth-order valence-corrected chi connectivity index (χ4v) is 4.78. The molecular formula is C27H30F2N4O2. The number of carbonyl (C=O) groups is 1. The number of nitrogens with zero attached hydrogens (tertiary/aromatic N) is 4. The molecule has 0 radical (unpaired) electrons. The van der Waals surface area contributed by atoms with E-state index < -0.39 is 12.7 Å². The molecule has 1 aliphatic rings. The number of benzene rings is 2. The molecule has 0 saturated carbocycles. The van der Waals surface area contributed by atoms with E-state index in [4.69, 9.17) is 9.72 Å².